The molecule has 0 bridgehead atoms. The van der Waals surface area contributed by atoms with Gasteiger partial charge in [-0.25, -0.2) is 0 Å². The zero-order valence-electron chi connectivity index (χ0n) is 9.99. The Bertz CT molecular complexity index is 447. The summed E-state index contributed by atoms with van der Waals surface area (Å²) in [5.74, 6) is -0.256. The van der Waals surface area contributed by atoms with Crippen LogP contribution in [0, 0.1) is 0 Å². The van der Waals surface area contributed by atoms with Crippen LogP contribution >= 0.6 is 23.2 Å². The number of carbonyl (C=O) groups excluding carboxylic acids is 1. The molecule has 1 aromatic carbocycles. The molecule has 1 atom stereocenters. The fraction of sp³-hybridized carbons (Fsp3) is 0.308. The fourth-order valence-electron chi connectivity index (χ4n) is 1.21. The Morgan fingerprint density at radius 3 is 2.78 bits per heavy atom. The van der Waals surface area contributed by atoms with Gasteiger partial charge in [-0.3, -0.25) is 4.79 Å². The van der Waals surface area contributed by atoms with Crippen molar-refractivity contribution < 1.29 is 9.90 Å². The van der Waals surface area contributed by atoms with Gasteiger partial charge in [0.15, 0.2) is 0 Å². The van der Waals surface area contributed by atoms with E-state index in [1.54, 1.807) is 24.3 Å². The summed E-state index contributed by atoms with van der Waals surface area (Å²) < 4.78 is 0. The number of halogens is 2. The van der Waals surface area contributed by atoms with Gasteiger partial charge < -0.3 is 10.4 Å². The second-order valence-electron chi connectivity index (χ2n) is 3.81. The Kier molecular flexibility index (Phi) is 6.19. The molecule has 1 unspecified atom stereocenters. The third kappa shape index (κ3) is 5.08. The van der Waals surface area contributed by atoms with E-state index in [1.165, 1.54) is 6.08 Å². The van der Waals surface area contributed by atoms with Crippen molar-refractivity contribution in [3.05, 3.63) is 39.9 Å². The highest BCUT2D eigenvalue weighted by molar-refractivity contribution is 6.42. The normalized spacial score (nSPS) is 12.7. The van der Waals surface area contributed by atoms with Crippen molar-refractivity contribution in [1.29, 1.82) is 0 Å². The molecular weight excluding hydrogens is 273 g/mol. The minimum atomic E-state index is -0.507. The van der Waals surface area contributed by atoms with Gasteiger partial charge in [-0.05, 0) is 30.2 Å². The lowest BCUT2D eigenvalue weighted by molar-refractivity contribution is -0.116. The van der Waals surface area contributed by atoms with Crippen LogP contribution < -0.4 is 5.32 Å². The Labute approximate surface area is 116 Å². The van der Waals surface area contributed by atoms with Crippen LogP contribution in [-0.2, 0) is 4.79 Å². The molecule has 0 aliphatic heterocycles. The van der Waals surface area contributed by atoms with Gasteiger partial charge in [0.2, 0.25) is 5.91 Å². The SMILES string of the molecule is CCC(O)CNC(=O)/C=C/c1ccc(Cl)c(Cl)c1. The van der Waals surface area contributed by atoms with E-state index in [0.29, 0.717) is 16.5 Å². The predicted molar refractivity (Wildman–Crippen MR) is 74.8 cm³/mol. The molecule has 0 saturated carbocycles. The Morgan fingerprint density at radius 2 is 2.17 bits per heavy atom. The maximum atomic E-state index is 11.4. The molecule has 98 valence electrons. The topological polar surface area (TPSA) is 49.3 Å². The van der Waals surface area contributed by atoms with Gasteiger partial charge in [0, 0.05) is 12.6 Å². The van der Waals surface area contributed by atoms with Crippen LogP contribution in [0.3, 0.4) is 0 Å². The third-order valence-electron chi connectivity index (χ3n) is 2.35. The Balaban J connectivity index is 2.53. The van der Waals surface area contributed by atoms with E-state index in [9.17, 15) is 9.90 Å². The Morgan fingerprint density at radius 1 is 1.44 bits per heavy atom. The van der Waals surface area contributed by atoms with E-state index < -0.39 is 6.10 Å². The fourth-order valence-corrected chi connectivity index (χ4v) is 1.52. The minimum absolute atomic E-state index is 0.251. The highest BCUT2D eigenvalue weighted by atomic mass is 35.5. The van der Waals surface area contributed by atoms with E-state index in [0.717, 1.165) is 5.56 Å². The molecule has 0 aliphatic rings. The van der Waals surface area contributed by atoms with Gasteiger partial charge in [-0.15, -0.1) is 0 Å². The molecular formula is C13H15Cl2NO2. The first-order chi connectivity index (χ1) is 8.52. The zero-order chi connectivity index (χ0) is 13.5. The van der Waals surface area contributed by atoms with Crippen molar-refractivity contribution >= 4 is 35.2 Å². The van der Waals surface area contributed by atoms with E-state index in [2.05, 4.69) is 5.32 Å². The number of benzene rings is 1. The molecule has 0 aromatic heterocycles. The molecule has 0 radical (unpaired) electrons. The molecule has 1 aromatic rings. The predicted octanol–water partition coefficient (Wildman–Crippen LogP) is 2.89. The lowest BCUT2D eigenvalue weighted by atomic mass is 10.2. The number of rotatable bonds is 5. The van der Waals surface area contributed by atoms with Crippen molar-refractivity contribution in [2.45, 2.75) is 19.4 Å². The van der Waals surface area contributed by atoms with E-state index in [-0.39, 0.29) is 12.5 Å². The van der Waals surface area contributed by atoms with Crippen LogP contribution in [0.1, 0.15) is 18.9 Å². The van der Waals surface area contributed by atoms with Gasteiger partial charge in [0.05, 0.1) is 16.1 Å². The smallest absolute Gasteiger partial charge is 0.244 e. The first-order valence-electron chi connectivity index (χ1n) is 5.62. The first kappa shape index (κ1) is 15.0. The summed E-state index contributed by atoms with van der Waals surface area (Å²) in [5, 5.41) is 12.8. The standard InChI is InChI=1S/C13H15Cl2NO2/c1-2-10(17)8-16-13(18)6-4-9-3-5-11(14)12(15)7-9/h3-7,10,17H,2,8H2,1H3,(H,16,18)/b6-4+. The molecule has 0 aliphatic carbocycles. The van der Waals surface area contributed by atoms with Crippen LogP contribution in [0.5, 0.6) is 0 Å². The maximum absolute atomic E-state index is 11.4. The van der Waals surface area contributed by atoms with Crippen molar-refractivity contribution in [2.75, 3.05) is 6.54 Å². The van der Waals surface area contributed by atoms with Crippen LogP contribution in [0.4, 0.5) is 0 Å². The Hall–Kier alpha value is -1.03. The average Bonchev–Trinajstić information content (AvgIpc) is 2.37. The number of hydrogen-bond donors (Lipinski definition) is 2. The van der Waals surface area contributed by atoms with Gasteiger partial charge >= 0.3 is 0 Å². The summed E-state index contributed by atoms with van der Waals surface area (Å²) in [7, 11) is 0. The summed E-state index contributed by atoms with van der Waals surface area (Å²) in [5.41, 5.74) is 0.788. The quantitative estimate of drug-likeness (QED) is 0.818. The molecule has 1 amide bonds. The number of aliphatic hydroxyl groups is 1. The van der Waals surface area contributed by atoms with Crippen molar-refractivity contribution in [2.24, 2.45) is 0 Å². The van der Waals surface area contributed by atoms with E-state index in [1.807, 2.05) is 6.92 Å². The van der Waals surface area contributed by atoms with Crippen molar-refractivity contribution in [1.82, 2.24) is 5.32 Å². The molecule has 0 fully saturated rings. The van der Waals surface area contributed by atoms with Crippen LogP contribution in [0.2, 0.25) is 10.0 Å². The summed E-state index contributed by atoms with van der Waals surface area (Å²) in [6.45, 7) is 2.10. The summed E-state index contributed by atoms with van der Waals surface area (Å²) in [4.78, 5) is 11.4. The minimum Gasteiger partial charge on any atom is -0.391 e. The van der Waals surface area contributed by atoms with Crippen LogP contribution in [0.15, 0.2) is 24.3 Å². The second-order valence-corrected chi connectivity index (χ2v) is 4.63. The summed E-state index contributed by atoms with van der Waals surface area (Å²) in [6.07, 6.45) is 3.13. The number of carbonyl (C=O) groups is 1. The lowest BCUT2D eigenvalue weighted by Gasteiger charge is -2.07. The summed E-state index contributed by atoms with van der Waals surface area (Å²) >= 11 is 11.6. The average molecular weight is 288 g/mol. The number of amides is 1. The molecule has 1 rings (SSSR count). The first-order valence-corrected chi connectivity index (χ1v) is 6.37. The zero-order valence-corrected chi connectivity index (χ0v) is 11.5. The van der Waals surface area contributed by atoms with Crippen LogP contribution in [-0.4, -0.2) is 23.7 Å². The lowest BCUT2D eigenvalue weighted by Crippen LogP contribution is -2.30. The highest BCUT2D eigenvalue weighted by Gasteiger charge is 2.02. The summed E-state index contributed by atoms with van der Waals surface area (Å²) in [6, 6.07) is 5.11. The molecule has 5 heteroatoms. The monoisotopic (exact) mass is 287 g/mol. The third-order valence-corrected chi connectivity index (χ3v) is 3.09. The molecule has 2 N–H and O–H groups in total. The van der Waals surface area contributed by atoms with Gasteiger partial charge in [0.25, 0.3) is 0 Å². The maximum Gasteiger partial charge on any atom is 0.244 e. The van der Waals surface area contributed by atoms with Crippen molar-refractivity contribution in [3.8, 4) is 0 Å². The van der Waals surface area contributed by atoms with Gasteiger partial charge in [0.1, 0.15) is 0 Å². The molecule has 0 saturated heterocycles. The van der Waals surface area contributed by atoms with E-state index in [4.69, 9.17) is 23.2 Å². The number of hydrogen-bond acceptors (Lipinski definition) is 2. The largest absolute Gasteiger partial charge is 0.391 e. The molecule has 18 heavy (non-hydrogen) atoms. The molecule has 0 spiro atoms. The second kappa shape index (κ2) is 7.41. The molecule has 3 nitrogen and oxygen atoms in total. The van der Waals surface area contributed by atoms with E-state index >= 15 is 0 Å². The van der Waals surface area contributed by atoms with Crippen molar-refractivity contribution in [3.63, 3.8) is 0 Å². The molecule has 0 heterocycles. The highest BCUT2D eigenvalue weighted by Crippen LogP contribution is 2.22. The van der Waals surface area contributed by atoms with Gasteiger partial charge in [-0.1, -0.05) is 36.2 Å². The van der Waals surface area contributed by atoms with Crippen LogP contribution in [0.25, 0.3) is 6.08 Å². The number of aliphatic hydroxyl groups excluding tert-OH is 1. The van der Waals surface area contributed by atoms with Gasteiger partial charge in [-0.2, -0.15) is 0 Å². The number of nitrogens with one attached hydrogen (secondary N) is 1.